The molecule has 1 aromatic rings. The Hall–Kier alpha value is 0.0500. The molecule has 0 spiro atoms. The molecule has 1 aromatic heterocycles. The van der Waals surface area contributed by atoms with Crippen molar-refractivity contribution in [1.82, 2.24) is 0 Å². The summed E-state index contributed by atoms with van der Waals surface area (Å²) in [4.78, 5) is 0. The maximum Gasteiger partial charge on any atom is 0.173 e. The molecule has 0 saturated carbocycles. The van der Waals surface area contributed by atoms with Crippen LogP contribution in [0, 0.1) is 13.8 Å². The highest BCUT2D eigenvalue weighted by atomic mass is 79.9. The quantitative estimate of drug-likeness (QED) is 0.639. The van der Waals surface area contributed by atoms with Gasteiger partial charge in [-0.15, -0.1) is 0 Å². The Labute approximate surface area is 67.1 Å². The van der Waals surface area contributed by atoms with E-state index in [0.29, 0.717) is 5.02 Å². The molecule has 1 nitrogen and oxygen atoms in total. The predicted molar refractivity (Wildman–Crippen MR) is 40.9 cm³/mol. The molecule has 0 unspecified atom stereocenters. The average molecular weight is 209 g/mol. The van der Waals surface area contributed by atoms with Crippen LogP contribution in [0.1, 0.15) is 11.3 Å². The van der Waals surface area contributed by atoms with Gasteiger partial charge in [-0.1, -0.05) is 11.6 Å². The molecule has 0 aliphatic rings. The third-order valence-corrected chi connectivity index (χ3v) is 2.48. The van der Waals surface area contributed by atoms with E-state index in [1.807, 2.05) is 13.8 Å². The molecule has 3 heteroatoms. The summed E-state index contributed by atoms with van der Waals surface area (Å²) in [6, 6.07) is 0. The lowest BCUT2D eigenvalue weighted by Crippen LogP contribution is -1.64. The fourth-order valence-corrected chi connectivity index (χ4v) is 1.29. The van der Waals surface area contributed by atoms with Crippen molar-refractivity contribution in [2.45, 2.75) is 13.8 Å². The second-order valence-corrected chi connectivity index (χ2v) is 2.97. The summed E-state index contributed by atoms with van der Waals surface area (Å²) < 4.78 is 5.86. The summed E-state index contributed by atoms with van der Waals surface area (Å²) in [5.74, 6) is 0.765. The van der Waals surface area contributed by atoms with Gasteiger partial charge < -0.3 is 4.42 Å². The van der Waals surface area contributed by atoms with Gasteiger partial charge in [0.15, 0.2) is 4.67 Å². The smallest absolute Gasteiger partial charge is 0.173 e. The van der Waals surface area contributed by atoms with Gasteiger partial charge >= 0.3 is 0 Å². The molecule has 50 valence electrons. The molecule has 0 aromatic carbocycles. The van der Waals surface area contributed by atoms with Crippen LogP contribution in [0.5, 0.6) is 0 Å². The summed E-state index contributed by atoms with van der Waals surface area (Å²) in [6.45, 7) is 3.74. The van der Waals surface area contributed by atoms with Crippen LogP contribution in [0.15, 0.2) is 9.09 Å². The molecule has 0 aliphatic heterocycles. The lowest BCUT2D eigenvalue weighted by Gasteiger charge is -1.81. The minimum Gasteiger partial charge on any atom is -0.453 e. The molecular weight excluding hydrogens is 203 g/mol. The third kappa shape index (κ3) is 1.14. The minimum atomic E-state index is 0.710. The lowest BCUT2D eigenvalue weighted by atomic mass is 10.3. The van der Waals surface area contributed by atoms with Gasteiger partial charge in [0.05, 0.1) is 5.02 Å². The van der Waals surface area contributed by atoms with Crippen molar-refractivity contribution in [2.24, 2.45) is 0 Å². The van der Waals surface area contributed by atoms with Crippen molar-refractivity contribution in [1.29, 1.82) is 0 Å². The Kier molecular flexibility index (Phi) is 1.87. The van der Waals surface area contributed by atoms with E-state index in [0.717, 1.165) is 16.0 Å². The second-order valence-electron chi connectivity index (χ2n) is 1.87. The first kappa shape index (κ1) is 7.16. The van der Waals surface area contributed by atoms with Crippen molar-refractivity contribution in [3.05, 3.63) is 21.0 Å². The molecule has 1 rings (SSSR count). The van der Waals surface area contributed by atoms with Crippen molar-refractivity contribution in [3.63, 3.8) is 0 Å². The number of hydrogen-bond acceptors (Lipinski definition) is 1. The van der Waals surface area contributed by atoms with Gasteiger partial charge in [0.25, 0.3) is 0 Å². The molecule has 0 N–H and O–H groups in total. The van der Waals surface area contributed by atoms with Crippen molar-refractivity contribution in [2.75, 3.05) is 0 Å². The Bertz CT molecular complexity index is 207. The number of aryl methyl sites for hydroxylation is 1. The van der Waals surface area contributed by atoms with Crippen molar-refractivity contribution >= 4 is 27.5 Å². The molecule has 0 aliphatic carbocycles. The topological polar surface area (TPSA) is 13.1 Å². The number of furan rings is 1. The maximum absolute atomic E-state index is 5.77. The summed E-state index contributed by atoms with van der Waals surface area (Å²) in [6.07, 6.45) is 0. The lowest BCUT2D eigenvalue weighted by molar-refractivity contribution is 0.508. The Morgan fingerprint density at radius 3 is 2.11 bits per heavy atom. The molecule has 0 bridgehead atoms. The Morgan fingerprint density at radius 2 is 2.00 bits per heavy atom. The Morgan fingerprint density at radius 1 is 1.44 bits per heavy atom. The number of hydrogen-bond donors (Lipinski definition) is 0. The van der Waals surface area contributed by atoms with Gasteiger partial charge in [0.2, 0.25) is 0 Å². The third-order valence-electron chi connectivity index (χ3n) is 1.18. The van der Waals surface area contributed by atoms with E-state index < -0.39 is 0 Å². The minimum absolute atomic E-state index is 0.710. The second kappa shape index (κ2) is 2.35. The van der Waals surface area contributed by atoms with Gasteiger partial charge in [-0.05, 0) is 29.8 Å². The van der Waals surface area contributed by atoms with E-state index in [1.165, 1.54) is 0 Å². The average Bonchev–Trinajstić information content (AvgIpc) is 1.98. The fourth-order valence-electron chi connectivity index (χ4n) is 0.606. The molecule has 0 fully saturated rings. The maximum atomic E-state index is 5.77. The van der Waals surface area contributed by atoms with Gasteiger partial charge in [0.1, 0.15) is 5.76 Å². The van der Waals surface area contributed by atoms with E-state index in [4.69, 9.17) is 16.0 Å². The van der Waals surface area contributed by atoms with Crippen LogP contribution in [0.2, 0.25) is 5.02 Å². The highest BCUT2D eigenvalue weighted by Crippen LogP contribution is 2.29. The largest absolute Gasteiger partial charge is 0.453 e. The van der Waals surface area contributed by atoms with Gasteiger partial charge in [-0.2, -0.15) is 0 Å². The summed E-state index contributed by atoms with van der Waals surface area (Å²) in [5.41, 5.74) is 0.967. The zero-order chi connectivity index (χ0) is 7.02. The predicted octanol–water partition coefficient (Wildman–Crippen LogP) is 3.31. The molecule has 0 saturated heterocycles. The highest BCUT2D eigenvalue weighted by Gasteiger charge is 2.08. The monoisotopic (exact) mass is 208 g/mol. The number of halogens is 2. The van der Waals surface area contributed by atoms with Crippen molar-refractivity contribution < 1.29 is 4.42 Å². The molecular formula is C6H6BrClO. The normalized spacial score (nSPS) is 10.2. The van der Waals surface area contributed by atoms with Crippen LogP contribution in [-0.2, 0) is 0 Å². The standard InChI is InChI=1S/C6H6BrClO/c1-3-5(8)4(2)9-6(3)7/h1-2H3. The van der Waals surface area contributed by atoms with Gasteiger partial charge in [-0.3, -0.25) is 0 Å². The zero-order valence-corrected chi connectivity index (χ0v) is 7.51. The van der Waals surface area contributed by atoms with Crippen LogP contribution in [-0.4, -0.2) is 0 Å². The van der Waals surface area contributed by atoms with E-state index in [-0.39, 0.29) is 0 Å². The zero-order valence-electron chi connectivity index (χ0n) is 5.16. The Balaban J connectivity index is 3.29. The summed E-state index contributed by atoms with van der Waals surface area (Å²) in [7, 11) is 0. The first-order valence-electron chi connectivity index (χ1n) is 2.54. The van der Waals surface area contributed by atoms with Gasteiger partial charge in [-0.25, -0.2) is 0 Å². The van der Waals surface area contributed by atoms with E-state index in [9.17, 15) is 0 Å². The molecule has 1 heterocycles. The SMILES string of the molecule is Cc1oc(Br)c(C)c1Cl. The van der Waals surface area contributed by atoms with Crippen molar-refractivity contribution in [3.8, 4) is 0 Å². The van der Waals surface area contributed by atoms with Crippen LogP contribution in [0.4, 0.5) is 0 Å². The fraction of sp³-hybridized carbons (Fsp3) is 0.333. The first-order valence-corrected chi connectivity index (χ1v) is 3.71. The van der Waals surface area contributed by atoms with Crippen LogP contribution < -0.4 is 0 Å². The molecule has 0 amide bonds. The molecule has 0 atom stereocenters. The highest BCUT2D eigenvalue weighted by molar-refractivity contribution is 9.10. The van der Waals surface area contributed by atoms with Crippen LogP contribution in [0.3, 0.4) is 0 Å². The number of rotatable bonds is 0. The van der Waals surface area contributed by atoms with E-state index in [2.05, 4.69) is 15.9 Å². The first-order chi connectivity index (χ1) is 4.13. The van der Waals surface area contributed by atoms with Crippen LogP contribution >= 0.6 is 27.5 Å². The summed E-state index contributed by atoms with van der Waals surface area (Å²) >= 11 is 8.99. The van der Waals surface area contributed by atoms with E-state index >= 15 is 0 Å². The van der Waals surface area contributed by atoms with Crippen LogP contribution in [0.25, 0.3) is 0 Å². The molecule has 0 radical (unpaired) electrons. The molecule has 9 heavy (non-hydrogen) atoms. The van der Waals surface area contributed by atoms with E-state index in [1.54, 1.807) is 0 Å². The summed E-state index contributed by atoms with van der Waals surface area (Å²) in [5, 5.41) is 0.710. The van der Waals surface area contributed by atoms with Gasteiger partial charge in [0, 0.05) is 5.56 Å².